The molecule has 0 aromatic heterocycles. The van der Waals surface area contributed by atoms with Crippen molar-refractivity contribution >= 4 is 21.6 Å². The van der Waals surface area contributed by atoms with E-state index in [-0.39, 0.29) is 16.0 Å². The van der Waals surface area contributed by atoms with Crippen molar-refractivity contribution in [3.05, 3.63) is 29.0 Å². The van der Waals surface area contributed by atoms with Crippen molar-refractivity contribution in [2.75, 3.05) is 26.7 Å². The molecule has 0 amide bonds. The van der Waals surface area contributed by atoms with Crippen molar-refractivity contribution in [3.8, 4) is 0 Å². The molecule has 1 fully saturated rings. The number of benzene rings is 1. The topological polar surface area (TPSA) is 40.6 Å². The third kappa shape index (κ3) is 3.74. The monoisotopic (exact) mass is 334 g/mol. The zero-order chi connectivity index (χ0) is 15.6. The number of rotatable bonds is 4. The fraction of sp³-hybridized carbons (Fsp3) is 0.571. The maximum Gasteiger partial charge on any atom is 0.243 e. The number of nitrogens with zero attached hydrogens (tertiary/aromatic N) is 2. The Bertz CT molecular complexity index is 581. The van der Waals surface area contributed by atoms with Gasteiger partial charge in [-0.25, -0.2) is 12.8 Å². The van der Waals surface area contributed by atoms with Crippen LogP contribution in [-0.2, 0) is 10.0 Å². The SMILES string of the molecule is CCN(C1CCN(C)CC1)S(=O)(=O)c1cc(F)cc(Cl)c1. The van der Waals surface area contributed by atoms with Gasteiger partial charge in [-0.15, -0.1) is 0 Å². The third-order valence-corrected chi connectivity index (χ3v) is 6.07. The lowest BCUT2D eigenvalue weighted by atomic mass is 10.1. The van der Waals surface area contributed by atoms with Gasteiger partial charge in [-0.2, -0.15) is 4.31 Å². The van der Waals surface area contributed by atoms with E-state index in [0.29, 0.717) is 6.54 Å². The Labute approximate surface area is 130 Å². The van der Waals surface area contributed by atoms with Gasteiger partial charge in [0.05, 0.1) is 4.90 Å². The van der Waals surface area contributed by atoms with Crippen LogP contribution >= 0.6 is 11.6 Å². The van der Waals surface area contributed by atoms with Gasteiger partial charge in [0, 0.05) is 17.6 Å². The van der Waals surface area contributed by atoms with Crippen molar-refractivity contribution < 1.29 is 12.8 Å². The summed E-state index contributed by atoms with van der Waals surface area (Å²) in [5, 5.41) is 0.0907. The zero-order valence-corrected chi connectivity index (χ0v) is 13.8. The maximum absolute atomic E-state index is 13.4. The number of piperidine rings is 1. The Morgan fingerprint density at radius 3 is 2.48 bits per heavy atom. The van der Waals surface area contributed by atoms with Gasteiger partial charge in [0.25, 0.3) is 0 Å². The second kappa shape index (κ2) is 6.60. The van der Waals surface area contributed by atoms with Gasteiger partial charge in [-0.1, -0.05) is 18.5 Å². The van der Waals surface area contributed by atoms with Crippen molar-refractivity contribution in [3.63, 3.8) is 0 Å². The molecule has 21 heavy (non-hydrogen) atoms. The minimum absolute atomic E-state index is 0.0433. The van der Waals surface area contributed by atoms with Crippen molar-refractivity contribution in [2.24, 2.45) is 0 Å². The second-order valence-corrected chi connectivity index (χ2v) is 7.67. The number of hydrogen-bond acceptors (Lipinski definition) is 3. The third-order valence-electron chi connectivity index (χ3n) is 3.85. The van der Waals surface area contributed by atoms with Crippen LogP contribution in [0.2, 0.25) is 5.02 Å². The molecule has 1 saturated heterocycles. The molecule has 0 unspecified atom stereocenters. The van der Waals surface area contributed by atoms with Crippen LogP contribution in [0, 0.1) is 5.82 Å². The van der Waals surface area contributed by atoms with Crippen LogP contribution in [0.4, 0.5) is 4.39 Å². The van der Waals surface area contributed by atoms with E-state index in [1.54, 1.807) is 6.92 Å². The van der Waals surface area contributed by atoms with Gasteiger partial charge in [0.15, 0.2) is 0 Å². The minimum atomic E-state index is -3.72. The van der Waals surface area contributed by atoms with Crippen LogP contribution in [0.3, 0.4) is 0 Å². The van der Waals surface area contributed by atoms with Crippen LogP contribution in [-0.4, -0.2) is 50.3 Å². The molecule has 1 aromatic carbocycles. The summed E-state index contributed by atoms with van der Waals surface area (Å²) in [6.45, 7) is 3.89. The van der Waals surface area contributed by atoms with Gasteiger partial charge < -0.3 is 4.90 Å². The highest BCUT2D eigenvalue weighted by atomic mass is 35.5. The lowest BCUT2D eigenvalue weighted by molar-refractivity contribution is 0.186. The normalized spacial score (nSPS) is 18.3. The highest BCUT2D eigenvalue weighted by Gasteiger charge is 2.32. The molecule has 118 valence electrons. The van der Waals surface area contributed by atoms with E-state index in [1.165, 1.54) is 10.4 Å². The van der Waals surface area contributed by atoms with Crippen LogP contribution in [0.5, 0.6) is 0 Å². The van der Waals surface area contributed by atoms with E-state index in [2.05, 4.69) is 4.90 Å². The summed E-state index contributed by atoms with van der Waals surface area (Å²) >= 11 is 5.78. The molecule has 7 heteroatoms. The van der Waals surface area contributed by atoms with E-state index in [1.807, 2.05) is 7.05 Å². The molecule has 4 nitrogen and oxygen atoms in total. The van der Waals surface area contributed by atoms with Crippen molar-refractivity contribution in [1.29, 1.82) is 0 Å². The average molecular weight is 335 g/mol. The van der Waals surface area contributed by atoms with E-state index < -0.39 is 15.8 Å². The van der Waals surface area contributed by atoms with Gasteiger partial charge >= 0.3 is 0 Å². The minimum Gasteiger partial charge on any atom is -0.306 e. The fourth-order valence-corrected chi connectivity index (χ4v) is 4.76. The first-order valence-electron chi connectivity index (χ1n) is 7.01. The average Bonchev–Trinajstić information content (AvgIpc) is 2.40. The molecular formula is C14H20ClFN2O2S. The first-order valence-corrected chi connectivity index (χ1v) is 8.83. The predicted molar refractivity (Wildman–Crippen MR) is 81.5 cm³/mol. The summed E-state index contributed by atoms with van der Waals surface area (Å²) in [6.07, 6.45) is 1.57. The Kier molecular flexibility index (Phi) is 5.24. The molecule has 1 heterocycles. The standard InChI is InChI=1S/C14H20ClFN2O2S/c1-3-18(13-4-6-17(2)7-5-13)21(19,20)14-9-11(15)8-12(16)10-14/h8-10,13H,3-7H2,1-2H3. The lowest BCUT2D eigenvalue weighted by Gasteiger charge is -2.36. The van der Waals surface area contributed by atoms with Crippen molar-refractivity contribution in [1.82, 2.24) is 9.21 Å². The second-order valence-electron chi connectivity index (χ2n) is 5.35. The lowest BCUT2D eigenvalue weighted by Crippen LogP contribution is -2.46. The largest absolute Gasteiger partial charge is 0.306 e. The first-order chi connectivity index (χ1) is 9.84. The molecule has 0 spiro atoms. The molecule has 0 bridgehead atoms. The molecule has 0 radical (unpaired) electrons. The summed E-state index contributed by atoms with van der Waals surface area (Å²) in [4.78, 5) is 2.10. The van der Waals surface area contributed by atoms with Crippen LogP contribution in [0.15, 0.2) is 23.1 Å². The Hall–Kier alpha value is -0.690. The smallest absolute Gasteiger partial charge is 0.243 e. The molecular weight excluding hydrogens is 315 g/mol. The van der Waals surface area contributed by atoms with Crippen LogP contribution in [0.1, 0.15) is 19.8 Å². The van der Waals surface area contributed by atoms with Crippen LogP contribution < -0.4 is 0 Å². The summed E-state index contributed by atoms with van der Waals surface area (Å²) in [6, 6.07) is 3.39. The molecule has 1 aliphatic heterocycles. The highest BCUT2D eigenvalue weighted by molar-refractivity contribution is 7.89. The zero-order valence-electron chi connectivity index (χ0n) is 12.2. The number of hydrogen-bond donors (Lipinski definition) is 0. The first kappa shape index (κ1) is 16.7. The molecule has 0 atom stereocenters. The highest BCUT2D eigenvalue weighted by Crippen LogP contribution is 2.26. The van der Waals surface area contributed by atoms with E-state index in [4.69, 9.17) is 11.6 Å². The Morgan fingerprint density at radius 2 is 1.95 bits per heavy atom. The van der Waals surface area contributed by atoms with E-state index in [0.717, 1.165) is 38.1 Å². The fourth-order valence-electron chi connectivity index (χ4n) is 2.72. The van der Waals surface area contributed by atoms with Gasteiger partial charge in [0.2, 0.25) is 10.0 Å². The van der Waals surface area contributed by atoms with Crippen molar-refractivity contribution in [2.45, 2.75) is 30.7 Å². The molecule has 1 aliphatic rings. The number of likely N-dealkylation sites (tertiary alicyclic amines) is 1. The summed E-state index contributed by atoms with van der Waals surface area (Å²) in [5.74, 6) is -0.638. The Balaban J connectivity index is 2.31. The summed E-state index contributed by atoms with van der Waals surface area (Å²) in [5.41, 5.74) is 0. The summed E-state index contributed by atoms with van der Waals surface area (Å²) < 4.78 is 40.4. The van der Waals surface area contributed by atoms with E-state index in [9.17, 15) is 12.8 Å². The predicted octanol–water partition coefficient (Wildman–Crippen LogP) is 2.58. The number of halogens is 2. The molecule has 2 rings (SSSR count). The maximum atomic E-state index is 13.4. The molecule has 0 aliphatic carbocycles. The Morgan fingerprint density at radius 1 is 1.33 bits per heavy atom. The van der Waals surface area contributed by atoms with E-state index >= 15 is 0 Å². The summed E-state index contributed by atoms with van der Waals surface area (Å²) in [7, 11) is -1.70. The van der Waals surface area contributed by atoms with Crippen LogP contribution in [0.25, 0.3) is 0 Å². The molecule has 0 saturated carbocycles. The molecule has 0 N–H and O–H groups in total. The number of sulfonamides is 1. The van der Waals surface area contributed by atoms with Gasteiger partial charge in [-0.3, -0.25) is 0 Å². The van der Waals surface area contributed by atoms with Gasteiger partial charge in [-0.05, 0) is 51.2 Å². The van der Waals surface area contributed by atoms with Gasteiger partial charge in [0.1, 0.15) is 5.82 Å². The quantitative estimate of drug-likeness (QED) is 0.849. The molecule has 1 aromatic rings.